The Hall–Kier alpha value is -2.41. The first kappa shape index (κ1) is 18.4. The van der Waals surface area contributed by atoms with E-state index in [9.17, 15) is 0 Å². The van der Waals surface area contributed by atoms with Gasteiger partial charge < -0.3 is 10.2 Å². The summed E-state index contributed by atoms with van der Waals surface area (Å²) in [6.07, 6.45) is 4.97. The summed E-state index contributed by atoms with van der Waals surface area (Å²) in [5.74, 6) is 1.15. The molecule has 0 atom stereocenters. The van der Waals surface area contributed by atoms with Gasteiger partial charge in [0.05, 0.1) is 17.8 Å². The normalized spacial score (nSPS) is 11.0. The molecule has 0 aliphatic heterocycles. The lowest BCUT2D eigenvalue weighted by Crippen LogP contribution is -2.30. The maximum absolute atomic E-state index is 6.21. The lowest BCUT2D eigenvalue weighted by atomic mass is 10.2. The molecule has 0 bridgehead atoms. The van der Waals surface area contributed by atoms with Gasteiger partial charge in [-0.3, -0.25) is 4.98 Å². The number of benzene rings is 1. The molecule has 132 valence electrons. The molecule has 26 heavy (non-hydrogen) atoms. The number of hydrogen-bond donors (Lipinski definition) is 1. The molecule has 0 unspecified atom stereocenters. The SMILES string of the molecule is NC(=S)N(Cc1cccnc1)N=Cc1ccc(-c2ccc(Cl)cc2Cl)o1. The van der Waals surface area contributed by atoms with Crippen LogP contribution >= 0.6 is 35.4 Å². The molecule has 0 saturated carbocycles. The first-order chi connectivity index (χ1) is 12.5. The fourth-order valence-electron chi connectivity index (χ4n) is 2.22. The molecule has 2 aromatic heterocycles. The number of aromatic nitrogens is 1. The Labute approximate surface area is 166 Å². The van der Waals surface area contributed by atoms with Crippen molar-refractivity contribution in [2.45, 2.75) is 6.54 Å². The van der Waals surface area contributed by atoms with Crippen LogP contribution in [0.5, 0.6) is 0 Å². The molecule has 3 aromatic rings. The summed E-state index contributed by atoms with van der Waals surface area (Å²) in [5, 5.41) is 7.01. The number of thiocarbonyl (C=S) groups is 1. The standard InChI is InChI=1S/C18H14Cl2N4OS/c19-13-3-5-15(16(20)8-13)17-6-4-14(25-17)10-23-24(18(21)26)11-12-2-1-7-22-9-12/h1-10H,11H2,(H2,21,26). The highest BCUT2D eigenvalue weighted by Gasteiger charge is 2.10. The maximum Gasteiger partial charge on any atom is 0.187 e. The number of hydrogen-bond acceptors (Lipinski definition) is 4. The van der Waals surface area contributed by atoms with E-state index in [0.29, 0.717) is 28.1 Å². The summed E-state index contributed by atoms with van der Waals surface area (Å²) in [6.45, 7) is 0.413. The number of halogens is 2. The van der Waals surface area contributed by atoms with E-state index in [4.69, 9.17) is 45.6 Å². The molecular weight excluding hydrogens is 391 g/mol. The zero-order chi connectivity index (χ0) is 18.5. The first-order valence-electron chi connectivity index (χ1n) is 7.58. The van der Waals surface area contributed by atoms with Crippen molar-refractivity contribution in [1.82, 2.24) is 9.99 Å². The van der Waals surface area contributed by atoms with E-state index in [0.717, 1.165) is 11.1 Å². The minimum Gasteiger partial charge on any atom is -0.455 e. The van der Waals surface area contributed by atoms with E-state index >= 15 is 0 Å². The first-order valence-corrected chi connectivity index (χ1v) is 8.74. The van der Waals surface area contributed by atoms with Gasteiger partial charge in [0.15, 0.2) is 5.11 Å². The molecule has 3 rings (SSSR count). The largest absolute Gasteiger partial charge is 0.455 e. The van der Waals surface area contributed by atoms with Crippen molar-refractivity contribution in [3.05, 3.63) is 76.2 Å². The predicted molar refractivity (Wildman–Crippen MR) is 108 cm³/mol. The van der Waals surface area contributed by atoms with Crippen LogP contribution in [0.3, 0.4) is 0 Å². The van der Waals surface area contributed by atoms with Crippen LogP contribution in [-0.4, -0.2) is 21.3 Å². The summed E-state index contributed by atoms with van der Waals surface area (Å²) in [6, 6.07) is 12.6. The van der Waals surface area contributed by atoms with Gasteiger partial charge in [-0.05, 0) is 54.2 Å². The van der Waals surface area contributed by atoms with E-state index in [-0.39, 0.29) is 5.11 Å². The summed E-state index contributed by atoms with van der Waals surface area (Å²) in [4.78, 5) is 4.06. The van der Waals surface area contributed by atoms with Crippen molar-refractivity contribution in [1.29, 1.82) is 0 Å². The molecule has 0 amide bonds. The average molecular weight is 405 g/mol. The second-order valence-electron chi connectivity index (χ2n) is 5.33. The van der Waals surface area contributed by atoms with Crippen molar-refractivity contribution < 1.29 is 4.42 Å². The Kier molecular flexibility index (Phi) is 5.88. The van der Waals surface area contributed by atoms with Gasteiger partial charge in [-0.25, -0.2) is 5.01 Å². The maximum atomic E-state index is 6.21. The summed E-state index contributed by atoms with van der Waals surface area (Å²) in [5.41, 5.74) is 7.42. The molecule has 0 aliphatic carbocycles. The Morgan fingerprint density at radius 1 is 1.27 bits per heavy atom. The number of nitrogens with zero attached hydrogens (tertiary/aromatic N) is 3. The van der Waals surface area contributed by atoms with E-state index in [2.05, 4.69) is 10.1 Å². The second kappa shape index (κ2) is 8.31. The Morgan fingerprint density at radius 2 is 2.12 bits per heavy atom. The molecule has 0 aliphatic rings. The molecule has 8 heteroatoms. The molecule has 0 spiro atoms. The highest BCUT2D eigenvalue weighted by Crippen LogP contribution is 2.31. The molecule has 0 fully saturated rings. The van der Waals surface area contributed by atoms with Gasteiger partial charge >= 0.3 is 0 Å². The van der Waals surface area contributed by atoms with Gasteiger partial charge in [-0.2, -0.15) is 5.10 Å². The number of nitrogens with two attached hydrogens (primary N) is 1. The smallest absolute Gasteiger partial charge is 0.187 e. The lowest BCUT2D eigenvalue weighted by molar-refractivity contribution is 0.442. The monoisotopic (exact) mass is 404 g/mol. The number of rotatable bonds is 5. The van der Waals surface area contributed by atoms with Crippen LogP contribution in [0.2, 0.25) is 10.0 Å². The van der Waals surface area contributed by atoms with E-state index in [1.165, 1.54) is 5.01 Å². The zero-order valence-electron chi connectivity index (χ0n) is 13.5. The molecule has 0 radical (unpaired) electrons. The molecule has 2 N–H and O–H groups in total. The van der Waals surface area contributed by atoms with E-state index in [1.807, 2.05) is 18.2 Å². The predicted octanol–water partition coefficient (Wildman–Crippen LogP) is 4.73. The van der Waals surface area contributed by atoms with Gasteiger partial charge in [0.1, 0.15) is 11.5 Å². The van der Waals surface area contributed by atoms with Crippen molar-refractivity contribution in [3.8, 4) is 11.3 Å². The fraction of sp³-hybridized carbons (Fsp3) is 0.0556. The van der Waals surface area contributed by atoms with Crippen LogP contribution in [0.15, 0.2) is 64.4 Å². The van der Waals surface area contributed by atoms with Gasteiger partial charge in [0.25, 0.3) is 0 Å². The minimum absolute atomic E-state index is 0.151. The highest BCUT2D eigenvalue weighted by atomic mass is 35.5. The molecule has 5 nitrogen and oxygen atoms in total. The quantitative estimate of drug-likeness (QED) is 0.378. The van der Waals surface area contributed by atoms with Crippen molar-refractivity contribution in [3.63, 3.8) is 0 Å². The van der Waals surface area contributed by atoms with Gasteiger partial charge in [0, 0.05) is 23.0 Å². The van der Waals surface area contributed by atoms with Crippen LogP contribution in [0.25, 0.3) is 11.3 Å². The van der Waals surface area contributed by atoms with E-state index in [1.54, 1.807) is 42.9 Å². The third-order valence-electron chi connectivity index (χ3n) is 3.46. The van der Waals surface area contributed by atoms with Gasteiger partial charge in [-0.15, -0.1) is 0 Å². The zero-order valence-corrected chi connectivity index (χ0v) is 15.8. The molecule has 2 heterocycles. The van der Waals surface area contributed by atoms with Crippen molar-refractivity contribution in [2.24, 2.45) is 10.8 Å². The fourth-order valence-corrected chi connectivity index (χ4v) is 2.84. The topological polar surface area (TPSA) is 67.7 Å². The van der Waals surface area contributed by atoms with Crippen molar-refractivity contribution >= 4 is 46.7 Å². The summed E-state index contributed by atoms with van der Waals surface area (Å²) in [7, 11) is 0. The number of furan rings is 1. The average Bonchev–Trinajstić information content (AvgIpc) is 3.08. The van der Waals surface area contributed by atoms with Crippen LogP contribution in [0, 0.1) is 0 Å². The third kappa shape index (κ3) is 4.60. The summed E-state index contributed by atoms with van der Waals surface area (Å²) < 4.78 is 5.77. The number of pyridine rings is 1. The third-order valence-corrected chi connectivity index (χ3v) is 4.22. The Bertz CT molecular complexity index is 943. The van der Waals surface area contributed by atoms with Gasteiger partial charge in [-0.1, -0.05) is 29.3 Å². The molecule has 0 saturated heterocycles. The van der Waals surface area contributed by atoms with Crippen LogP contribution in [0.4, 0.5) is 0 Å². The molecular formula is C18H14Cl2N4OS. The highest BCUT2D eigenvalue weighted by molar-refractivity contribution is 7.80. The Morgan fingerprint density at radius 3 is 2.81 bits per heavy atom. The van der Waals surface area contributed by atoms with Crippen LogP contribution < -0.4 is 5.73 Å². The lowest BCUT2D eigenvalue weighted by Gasteiger charge is -2.16. The van der Waals surface area contributed by atoms with Gasteiger partial charge in [0.2, 0.25) is 0 Å². The van der Waals surface area contributed by atoms with Crippen molar-refractivity contribution in [2.75, 3.05) is 0 Å². The van der Waals surface area contributed by atoms with Crippen LogP contribution in [0.1, 0.15) is 11.3 Å². The number of hydrazone groups is 1. The second-order valence-corrected chi connectivity index (χ2v) is 6.59. The summed E-state index contributed by atoms with van der Waals surface area (Å²) >= 11 is 17.2. The van der Waals surface area contributed by atoms with E-state index < -0.39 is 0 Å². The molecule has 1 aromatic carbocycles. The Balaban J connectivity index is 1.77. The van der Waals surface area contributed by atoms with Crippen LogP contribution in [-0.2, 0) is 6.54 Å². The minimum atomic E-state index is 0.151.